The van der Waals surface area contributed by atoms with Gasteiger partial charge in [0.25, 0.3) is 5.69 Å². The number of hydrogen-bond acceptors (Lipinski definition) is 4. The molecule has 7 heteroatoms. The number of anilines is 2. The average Bonchev–Trinajstić information content (AvgIpc) is 2.50. The molecule has 0 bridgehead atoms. The summed E-state index contributed by atoms with van der Waals surface area (Å²) in [4.78, 5) is 21.9. The van der Waals surface area contributed by atoms with Crippen LogP contribution in [0.2, 0.25) is 0 Å². The summed E-state index contributed by atoms with van der Waals surface area (Å²) in [5.41, 5.74) is 1.52. The molecule has 2 aromatic carbocycles. The Kier molecular flexibility index (Phi) is 5.48. The van der Waals surface area contributed by atoms with Crippen molar-refractivity contribution >= 4 is 38.9 Å². The molecule has 0 atom stereocenters. The first-order valence-corrected chi connectivity index (χ1v) is 7.37. The lowest BCUT2D eigenvalue weighted by Crippen LogP contribution is -2.16. The van der Waals surface area contributed by atoms with Crippen molar-refractivity contribution in [3.05, 3.63) is 63.1 Å². The molecule has 2 aromatic rings. The first-order valence-electron chi connectivity index (χ1n) is 6.58. The van der Waals surface area contributed by atoms with E-state index in [9.17, 15) is 14.9 Å². The lowest BCUT2D eigenvalue weighted by molar-refractivity contribution is -0.384. The van der Waals surface area contributed by atoms with E-state index in [1.54, 1.807) is 12.1 Å². The maximum Gasteiger partial charge on any atom is 0.269 e. The molecule has 0 heterocycles. The Bertz CT molecular complexity index is 657. The zero-order valence-electron chi connectivity index (χ0n) is 11.6. The van der Waals surface area contributed by atoms with Gasteiger partial charge in [-0.15, -0.1) is 0 Å². The van der Waals surface area contributed by atoms with Crippen molar-refractivity contribution in [2.75, 3.05) is 17.2 Å². The number of benzene rings is 2. The Hall–Kier alpha value is -2.41. The molecule has 2 rings (SSSR count). The molecular formula is C15H14BrN3O3. The normalized spacial score (nSPS) is 10.0. The monoisotopic (exact) mass is 363 g/mol. The molecular weight excluding hydrogens is 350 g/mol. The number of hydrogen-bond donors (Lipinski definition) is 2. The van der Waals surface area contributed by atoms with Gasteiger partial charge in [0.1, 0.15) is 0 Å². The van der Waals surface area contributed by atoms with Crippen LogP contribution in [0.4, 0.5) is 17.1 Å². The van der Waals surface area contributed by atoms with Crippen LogP contribution >= 0.6 is 15.9 Å². The molecule has 6 nitrogen and oxygen atoms in total. The number of carbonyl (C=O) groups is 1. The molecule has 2 N–H and O–H groups in total. The predicted octanol–water partition coefficient (Wildman–Crippen LogP) is 3.80. The molecule has 0 aliphatic heterocycles. The van der Waals surface area contributed by atoms with E-state index < -0.39 is 4.92 Å². The summed E-state index contributed by atoms with van der Waals surface area (Å²) in [6, 6.07) is 13.4. The highest BCUT2D eigenvalue weighted by Crippen LogP contribution is 2.16. The minimum absolute atomic E-state index is 0.0403. The number of halogens is 1. The van der Waals surface area contributed by atoms with Crippen molar-refractivity contribution in [3.8, 4) is 0 Å². The van der Waals surface area contributed by atoms with Crippen molar-refractivity contribution in [1.82, 2.24) is 0 Å². The Morgan fingerprint density at radius 3 is 2.23 bits per heavy atom. The largest absolute Gasteiger partial charge is 0.385 e. The fraction of sp³-hybridized carbons (Fsp3) is 0.133. The van der Waals surface area contributed by atoms with Gasteiger partial charge in [0.2, 0.25) is 5.91 Å². The number of nitro groups is 1. The van der Waals surface area contributed by atoms with Crippen LogP contribution in [-0.2, 0) is 4.79 Å². The van der Waals surface area contributed by atoms with Crippen molar-refractivity contribution in [3.63, 3.8) is 0 Å². The Balaban J connectivity index is 1.77. The first-order chi connectivity index (χ1) is 10.5. The van der Waals surface area contributed by atoms with Crippen LogP contribution in [0.15, 0.2) is 53.0 Å². The molecule has 114 valence electrons. The summed E-state index contributed by atoms with van der Waals surface area (Å²) in [6.07, 6.45) is 0.299. The fourth-order valence-corrected chi connectivity index (χ4v) is 2.04. The van der Waals surface area contributed by atoms with E-state index in [0.717, 1.165) is 15.8 Å². The quantitative estimate of drug-likeness (QED) is 0.603. The zero-order valence-corrected chi connectivity index (χ0v) is 13.2. The number of amides is 1. The highest BCUT2D eigenvalue weighted by molar-refractivity contribution is 9.10. The van der Waals surface area contributed by atoms with Gasteiger partial charge in [-0.3, -0.25) is 14.9 Å². The van der Waals surface area contributed by atoms with Gasteiger partial charge in [-0.2, -0.15) is 0 Å². The third kappa shape index (κ3) is 4.85. The molecule has 0 saturated carbocycles. The number of carbonyl (C=O) groups excluding carboxylic acids is 1. The minimum atomic E-state index is -0.449. The van der Waals surface area contributed by atoms with Crippen LogP contribution in [0.25, 0.3) is 0 Å². The van der Waals surface area contributed by atoms with E-state index in [2.05, 4.69) is 26.6 Å². The maximum absolute atomic E-state index is 11.8. The van der Waals surface area contributed by atoms with E-state index in [1.807, 2.05) is 24.3 Å². The van der Waals surface area contributed by atoms with Crippen LogP contribution in [0.3, 0.4) is 0 Å². The van der Waals surface area contributed by atoms with Crippen LogP contribution in [-0.4, -0.2) is 17.4 Å². The van der Waals surface area contributed by atoms with Crippen LogP contribution in [0, 0.1) is 10.1 Å². The van der Waals surface area contributed by atoms with Crippen molar-refractivity contribution in [2.24, 2.45) is 0 Å². The highest BCUT2D eigenvalue weighted by Gasteiger charge is 2.05. The van der Waals surface area contributed by atoms with E-state index >= 15 is 0 Å². The predicted molar refractivity (Wildman–Crippen MR) is 89.0 cm³/mol. The lowest BCUT2D eigenvalue weighted by atomic mass is 10.2. The number of nitro benzene ring substituents is 1. The van der Waals surface area contributed by atoms with E-state index in [1.165, 1.54) is 12.1 Å². The number of nitrogens with zero attached hydrogens (tertiary/aromatic N) is 1. The molecule has 0 fully saturated rings. The van der Waals surface area contributed by atoms with Gasteiger partial charge in [0.05, 0.1) is 4.92 Å². The maximum atomic E-state index is 11.8. The summed E-state index contributed by atoms with van der Waals surface area (Å²) in [7, 11) is 0. The van der Waals surface area contributed by atoms with Gasteiger partial charge >= 0.3 is 0 Å². The van der Waals surface area contributed by atoms with Gasteiger partial charge in [0.15, 0.2) is 0 Å². The topological polar surface area (TPSA) is 84.3 Å². The van der Waals surface area contributed by atoms with Gasteiger partial charge < -0.3 is 10.6 Å². The number of rotatable bonds is 6. The second kappa shape index (κ2) is 7.56. The Morgan fingerprint density at radius 2 is 1.64 bits per heavy atom. The fourth-order valence-electron chi connectivity index (χ4n) is 1.78. The summed E-state index contributed by atoms with van der Waals surface area (Å²) in [6.45, 7) is 0.445. The van der Waals surface area contributed by atoms with Crippen LogP contribution in [0.1, 0.15) is 6.42 Å². The Labute approximate surface area is 135 Å². The molecule has 0 aliphatic carbocycles. The third-order valence-electron chi connectivity index (χ3n) is 2.89. The van der Waals surface area contributed by atoms with Crippen molar-refractivity contribution in [1.29, 1.82) is 0 Å². The molecule has 0 unspecified atom stereocenters. The average molecular weight is 364 g/mol. The van der Waals surface area contributed by atoms with Gasteiger partial charge in [0, 0.05) is 40.9 Å². The summed E-state index contributed by atoms with van der Waals surface area (Å²) >= 11 is 3.33. The second-order valence-electron chi connectivity index (χ2n) is 4.54. The van der Waals surface area contributed by atoms with Crippen LogP contribution in [0.5, 0.6) is 0 Å². The van der Waals surface area contributed by atoms with Crippen molar-refractivity contribution < 1.29 is 9.72 Å². The van der Waals surface area contributed by atoms with E-state index in [4.69, 9.17) is 0 Å². The molecule has 0 aromatic heterocycles. The van der Waals surface area contributed by atoms with Gasteiger partial charge in [-0.05, 0) is 36.4 Å². The molecule has 0 aliphatic rings. The van der Waals surface area contributed by atoms with Crippen LogP contribution < -0.4 is 10.6 Å². The third-order valence-corrected chi connectivity index (χ3v) is 3.42. The second-order valence-corrected chi connectivity index (χ2v) is 5.45. The SMILES string of the molecule is O=C(CCNc1ccc([N+](=O)[O-])cc1)Nc1ccc(Br)cc1. The van der Waals surface area contributed by atoms with Gasteiger partial charge in [-0.1, -0.05) is 15.9 Å². The number of nitrogens with one attached hydrogen (secondary N) is 2. The lowest BCUT2D eigenvalue weighted by Gasteiger charge is -2.07. The molecule has 0 saturated heterocycles. The Morgan fingerprint density at radius 1 is 1.05 bits per heavy atom. The van der Waals surface area contributed by atoms with E-state index in [-0.39, 0.29) is 11.6 Å². The summed E-state index contributed by atoms with van der Waals surface area (Å²) in [5, 5.41) is 16.4. The van der Waals surface area contributed by atoms with E-state index in [0.29, 0.717) is 13.0 Å². The van der Waals surface area contributed by atoms with Gasteiger partial charge in [-0.25, -0.2) is 0 Å². The number of non-ortho nitro benzene ring substituents is 1. The first kappa shape index (κ1) is 16.0. The molecule has 0 spiro atoms. The van der Waals surface area contributed by atoms with Crippen molar-refractivity contribution in [2.45, 2.75) is 6.42 Å². The molecule has 1 amide bonds. The molecule has 22 heavy (non-hydrogen) atoms. The summed E-state index contributed by atoms with van der Waals surface area (Å²) in [5.74, 6) is -0.100. The molecule has 0 radical (unpaired) electrons. The zero-order chi connectivity index (χ0) is 15.9. The smallest absolute Gasteiger partial charge is 0.269 e. The minimum Gasteiger partial charge on any atom is -0.385 e. The highest BCUT2D eigenvalue weighted by atomic mass is 79.9. The standard InChI is InChI=1S/C15H14BrN3O3/c16-11-1-3-13(4-2-11)18-15(20)9-10-17-12-5-7-14(8-6-12)19(21)22/h1-8,17H,9-10H2,(H,18,20). The summed E-state index contributed by atoms with van der Waals surface area (Å²) < 4.78 is 0.949.